The summed E-state index contributed by atoms with van der Waals surface area (Å²) in [7, 11) is 0. The zero-order valence-corrected chi connectivity index (χ0v) is 21.6. The van der Waals surface area contributed by atoms with E-state index in [0.29, 0.717) is 32.7 Å². The summed E-state index contributed by atoms with van der Waals surface area (Å²) in [6, 6.07) is 12.3. The molecule has 5 aromatic rings. The number of halogens is 3. The summed E-state index contributed by atoms with van der Waals surface area (Å²) < 4.78 is 42.3. The van der Waals surface area contributed by atoms with E-state index < -0.39 is 18.0 Å². The Labute approximate surface area is 230 Å². The molecule has 0 bridgehead atoms. The lowest BCUT2D eigenvalue weighted by molar-refractivity contribution is -0.0299. The highest BCUT2D eigenvalue weighted by Crippen LogP contribution is 2.26. The number of rotatable bonds is 6. The SMILES string of the molecule is O=C(c1ccc(F)cc1)N1CCC(O)(Cn2cnc3c(cnn3-c3ccc(-c4cnn(C(F)F)c4)cc3)c2=O)CC1. The van der Waals surface area contributed by atoms with Gasteiger partial charge < -0.3 is 10.0 Å². The van der Waals surface area contributed by atoms with E-state index in [1.165, 1.54) is 58.4 Å². The molecule has 1 aliphatic heterocycles. The molecule has 0 atom stereocenters. The average Bonchev–Trinajstić information content (AvgIpc) is 3.64. The number of aliphatic hydroxyl groups is 1. The van der Waals surface area contributed by atoms with E-state index in [9.17, 15) is 27.9 Å². The molecule has 6 rings (SSSR count). The van der Waals surface area contributed by atoms with Crippen molar-refractivity contribution in [3.8, 4) is 16.8 Å². The molecule has 13 heteroatoms. The Morgan fingerprint density at radius 3 is 2.34 bits per heavy atom. The van der Waals surface area contributed by atoms with Crippen LogP contribution >= 0.6 is 0 Å². The van der Waals surface area contributed by atoms with Crippen molar-refractivity contribution in [3.63, 3.8) is 0 Å². The minimum atomic E-state index is -2.72. The lowest BCUT2D eigenvalue weighted by atomic mass is 9.91. The van der Waals surface area contributed by atoms with Crippen molar-refractivity contribution in [2.75, 3.05) is 13.1 Å². The molecule has 4 heterocycles. The van der Waals surface area contributed by atoms with Gasteiger partial charge in [-0.15, -0.1) is 0 Å². The van der Waals surface area contributed by atoms with Gasteiger partial charge in [0.25, 0.3) is 11.5 Å². The van der Waals surface area contributed by atoms with Gasteiger partial charge >= 0.3 is 6.55 Å². The molecule has 0 saturated carbocycles. The van der Waals surface area contributed by atoms with Crippen molar-refractivity contribution in [2.45, 2.75) is 31.5 Å². The van der Waals surface area contributed by atoms with E-state index in [-0.39, 0.29) is 49.3 Å². The van der Waals surface area contributed by atoms with Crippen LogP contribution in [0.1, 0.15) is 29.7 Å². The van der Waals surface area contributed by atoms with Crippen LogP contribution in [0.2, 0.25) is 0 Å². The van der Waals surface area contributed by atoms with Crippen molar-refractivity contribution in [3.05, 3.63) is 95.2 Å². The van der Waals surface area contributed by atoms with Gasteiger partial charge in [-0.1, -0.05) is 12.1 Å². The van der Waals surface area contributed by atoms with E-state index in [2.05, 4.69) is 15.2 Å². The van der Waals surface area contributed by atoms with Crippen LogP contribution in [0.4, 0.5) is 13.2 Å². The van der Waals surface area contributed by atoms with Gasteiger partial charge in [0, 0.05) is 30.4 Å². The van der Waals surface area contributed by atoms with Crippen molar-refractivity contribution in [1.82, 2.24) is 34.0 Å². The third kappa shape index (κ3) is 5.11. The van der Waals surface area contributed by atoms with Gasteiger partial charge in [0.2, 0.25) is 0 Å². The number of carbonyl (C=O) groups is 1. The van der Waals surface area contributed by atoms with E-state index in [4.69, 9.17) is 0 Å². The Morgan fingerprint density at radius 1 is 0.976 bits per heavy atom. The molecule has 10 nitrogen and oxygen atoms in total. The fraction of sp³-hybridized carbons (Fsp3) is 0.250. The number of hydrogen-bond acceptors (Lipinski definition) is 6. The zero-order valence-electron chi connectivity index (χ0n) is 21.6. The first kappa shape index (κ1) is 26.4. The Morgan fingerprint density at radius 2 is 1.68 bits per heavy atom. The minimum absolute atomic E-state index is 0.000468. The molecule has 1 aliphatic rings. The summed E-state index contributed by atoms with van der Waals surface area (Å²) >= 11 is 0. The fourth-order valence-electron chi connectivity index (χ4n) is 5.02. The third-order valence-electron chi connectivity index (χ3n) is 7.34. The van der Waals surface area contributed by atoms with Gasteiger partial charge in [0.1, 0.15) is 17.5 Å². The molecular formula is C28H24F3N7O3. The van der Waals surface area contributed by atoms with Gasteiger partial charge in [0.15, 0.2) is 5.65 Å². The summed E-state index contributed by atoms with van der Waals surface area (Å²) in [5.74, 6) is -0.663. The molecule has 1 amide bonds. The lowest BCUT2D eigenvalue weighted by Crippen LogP contribution is -2.49. The molecule has 1 fully saturated rings. The topological polar surface area (TPSA) is 111 Å². The quantitative estimate of drug-likeness (QED) is 0.338. The minimum Gasteiger partial charge on any atom is -0.388 e. The van der Waals surface area contributed by atoms with Crippen LogP contribution in [-0.2, 0) is 6.54 Å². The summed E-state index contributed by atoms with van der Waals surface area (Å²) in [5.41, 5.74) is 0.955. The van der Waals surface area contributed by atoms with E-state index >= 15 is 0 Å². The van der Waals surface area contributed by atoms with Crippen molar-refractivity contribution in [2.24, 2.45) is 0 Å². The molecular weight excluding hydrogens is 539 g/mol. The summed E-state index contributed by atoms with van der Waals surface area (Å²) in [4.78, 5) is 32.0. The Hall–Kier alpha value is -4.78. The molecule has 1 saturated heterocycles. The smallest absolute Gasteiger partial charge is 0.333 e. The van der Waals surface area contributed by atoms with E-state index in [0.717, 1.165) is 0 Å². The molecule has 0 radical (unpaired) electrons. The zero-order chi connectivity index (χ0) is 28.7. The molecule has 41 heavy (non-hydrogen) atoms. The predicted octanol–water partition coefficient (Wildman–Crippen LogP) is 3.65. The Bertz CT molecular complexity index is 1770. The molecule has 0 unspecified atom stereocenters. The van der Waals surface area contributed by atoms with Crippen molar-refractivity contribution in [1.29, 1.82) is 0 Å². The normalized spacial score (nSPS) is 15.1. The molecule has 1 N–H and O–H groups in total. The number of benzene rings is 2. The maximum Gasteiger partial charge on any atom is 0.333 e. The van der Waals surface area contributed by atoms with Crippen LogP contribution in [0.5, 0.6) is 0 Å². The van der Waals surface area contributed by atoms with Crippen LogP contribution in [0, 0.1) is 5.82 Å². The molecule has 210 valence electrons. The lowest BCUT2D eigenvalue weighted by Gasteiger charge is -2.38. The van der Waals surface area contributed by atoms with Gasteiger partial charge in [-0.25, -0.2) is 18.7 Å². The van der Waals surface area contributed by atoms with E-state index in [1.807, 2.05) is 0 Å². The van der Waals surface area contributed by atoms with Gasteiger partial charge in [-0.2, -0.15) is 19.0 Å². The maximum atomic E-state index is 13.3. The molecule has 2 aromatic carbocycles. The summed E-state index contributed by atoms with van der Waals surface area (Å²) in [5, 5.41) is 19.5. The number of amides is 1. The second kappa shape index (κ2) is 10.3. The van der Waals surface area contributed by atoms with Gasteiger partial charge in [-0.3, -0.25) is 14.2 Å². The van der Waals surface area contributed by atoms with Crippen molar-refractivity contribution < 1.29 is 23.1 Å². The largest absolute Gasteiger partial charge is 0.388 e. The van der Waals surface area contributed by atoms with Gasteiger partial charge in [-0.05, 0) is 54.8 Å². The van der Waals surface area contributed by atoms with Crippen LogP contribution < -0.4 is 5.56 Å². The predicted molar refractivity (Wildman–Crippen MR) is 142 cm³/mol. The second-order valence-electron chi connectivity index (χ2n) is 10.0. The highest BCUT2D eigenvalue weighted by atomic mass is 19.3. The van der Waals surface area contributed by atoms with Crippen LogP contribution in [0.25, 0.3) is 27.8 Å². The third-order valence-corrected chi connectivity index (χ3v) is 7.34. The maximum absolute atomic E-state index is 13.3. The van der Waals surface area contributed by atoms with Gasteiger partial charge in [0.05, 0.1) is 30.2 Å². The Balaban J connectivity index is 1.16. The number of piperidine rings is 1. The highest BCUT2D eigenvalue weighted by Gasteiger charge is 2.35. The average molecular weight is 564 g/mol. The summed E-state index contributed by atoms with van der Waals surface area (Å²) in [6.07, 6.45) is 5.90. The number of alkyl halides is 2. The molecule has 0 spiro atoms. The number of aromatic nitrogens is 6. The standard InChI is InChI=1S/C28H24F3N7O3/c29-21-5-1-19(2-6-21)25(39)35-11-9-28(41,10-12-35)16-36-17-32-24-23(26(36)40)14-34-38(24)22-7-3-18(4-8-22)20-13-33-37(15-20)27(30)31/h1-8,13-15,17,27,41H,9-12,16H2. The highest BCUT2D eigenvalue weighted by molar-refractivity contribution is 5.94. The van der Waals surface area contributed by atoms with Crippen molar-refractivity contribution >= 4 is 16.9 Å². The summed E-state index contributed by atoms with van der Waals surface area (Å²) in [6.45, 7) is -2.15. The van der Waals surface area contributed by atoms with E-state index in [1.54, 1.807) is 29.2 Å². The first-order valence-corrected chi connectivity index (χ1v) is 12.8. The van der Waals surface area contributed by atoms with Crippen LogP contribution in [0.15, 0.2) is 78.2 Å². The fourth-order valence-corrected chi connectivity index (χ4v) is 5.02. The van der Waals surface area contributed by atoms with Crippen LogP contribution in [0.3, 0.4) is 0 Å². The number of fused-ring (bicyclic) bond motifs is 1. The monoisotopic (exact) mass is 563 g/mol. The molecule has 0 aliphatic carbocycles. The number of hydrogen-bond donors (Lipinski definition) is 1. The first-order valence-electron chi connectivity index (χ1n) is 12.8. The second-order valence-corrected chi connectivity index (χ2v) is 10.0. The number of nitrogens with zero attached hydrogens (tertiary/aromatic N) is 7. The molecule has 3 aromatic heterocycles. The number of carbonyl (C=O) groups excluding carboxylic acids is 1. The Kier molecular flexibility index (Phi) is 6.66. The number of likely N-dealkylation sites (tertiary alicyclic amines) is 1. The van der Waals surface area contributed by atoms with Crippen LogP contribution in [-0.4, -0.2) is 63.7 Å². The first-order chi connectivity index (χ1) is 19.7.